The second-order valence-corrected chi connectivity index (χ2v) is 10.5. The lowest BCUT2D eigenvalue weighted by Gasteiger charge is -2.32. The van der Waals surface area contributed by atoms with Gasteiger partial charge < -0.3 is 10.2 Å². The first-order valence-electron chi connectivity index (χ1n) is 10.8. The fourth-order valence-corrected chi connectivity index (χ4v) is 4.29. The van der Waals surface area contributed by atoms with Gasteiger partial charge >= 0.3 is 0 Å². The van der Waals surface area contributed by atoms with Crippen LogP contribution in [0.25, 0.3) is 0 Å². The summed E-state index contributed by atoms with van der Waals surface area (Å²) in [6.07, 6.45) is 1.78. The molecule has 1 N–H and O–H groups in total. The van der Waals surface area contributed by atoms with Gasteiger partial charge in [-0.3, -0.25) is 13.9 Å². The van der Waals surface area contributed by atoms with Crippen LogP contribution in [0.1, 0.15) is 38.3 Å². The van der Waals surface area contributed by atoms with Crippen LogP contribution in [-0.4, -0.2) is 50.0 Å². The van der Waals surface area contributed by atoms with E-state index in [1.807, 2.05) is 45.0 Å². The molecule has 2 rings (SSSR count). The fraction of sp³-hybridized carbons (Fsp3) is 0.417. The van der Waals surface area contributed by atoms with Crippen LogP contribution in [0.15, 0.2) is 48.5 Å². The van der Waals surface area contributed by atoms with Gasteiger partial charge in [-0.05, 0) is 56.5 Å². The Morgan fingerprint density at radius 1 is 1.09 bits per heavy atom. The molecule has 0 spiro atoms. The Kier molecular flexibility index (Phi) is 9.31. The van der Waals surface area contributed by atoms with Crippen LogP contribution in [0.5, 0.6) is 0 Å². The van der Waals surface area contributed by atoms with Gasteiger partial charge in [0.15, 0.2) is 0 Å². The van der Waals surface area contributed by atoms with Gasteiger partial charge in [-0.25, -0.2) is 8.42 Å². The van der Waals surface area contributed by atoms with Crippen LogP contribution in [0.4, 0.5) is 5.69 Å². The molecule has 7 nitrogen and oxygen atoms in total. The maximum atomic E-state index is 13.5. The van der Waals surface area contributed by atoms with E-state index in [0.717, 1.165) is 28.1 Å². The molecule has 0 aromatic heterocycles. The minimum atomic E-state index is -3.79. The maximum absolute atomic E-state index is 13.5. The Balaban J connectivity index is 2.40. The maximum Gasteiger partial charge on any atom is 0.244 e. The van der Waals surface area contributed by atoms with E-state index in [4.69, 9.17) is 11.6 Å². The number of nitrogens with one attached hydrogen (secondary N) is 1. The molecular formula is C24H32ClN3O4S. The minimum Gasteiger partial charge on any atom is -0.352 e. The summed E-state index contributed by atoms with van der Waals surface area (Å²) in [7, 11) is -3.79. The lowest BCUT2D eigenvalue weighted by atomic mass is 10.1. The molecule has 2 aromatic rings. The number of amides is 2. The molecule has 0 fully saturated rings. The number of hydrogen-bond acceptors (Lipinski definition) is 4. The second kappa shape index (κ2) is 11.5. The van der Waals surface area contributed by atoms with Crippen molar-refractivity contribution in [2.45, 2.75) is 52.7 Å². The van der Waals surface area contributed by atoms with E-state index in [1.165, 1.54) is 11.0 Å². The number of aryl methyl sites for hydroxylation is 1. The largest absolute Gasteiger partial charge is 0.352 e. The summed E-state index contributed by atoms with van der Waals surface area (Å²) >= 11 is 6.05. The Morgan fingerprint density at radius 3 is 2.33 bits per heavy atom. The highest BCUT2D eigenvalue weighted by Crippen LogP contribution is 2.23. The first-order chi connectivity index (χ1) is 15.4. The van der Waals surface area contributed by atoms with E-state index in [-0.39, 0.29) is 24.2 Å². The average Bonchev–Trinajstić information content (AvgIpc) is 2.75. The number of sulfonamides is 1. The molecule has 2 aromatic carbocycles. The summed E-state index contributed by atoms with van der Waals surface area (Å²) in [6.45, 7) is 7.15. The Bertz CT molecular complexity index is 1090. The van der Waals surface area contributed by atoms with Crippen molar-refractivity contribution in [3.63, 3.8) is 0 Å². The standard InChI is InChI=1S/C24H32ClN3O4S/c1-6-18(3)26-24(30)19(4)27(15-20-11-8-7-10-17(20)2)23(29)16-28(33(5,31)32)22-13-9-12-21(25)14-22/h7-14,18-19H,6,15-16H2,1-5H3,(H,26,30)/t18-,19-/m1/s1. The van der Waals surface area contributed by atoms with Crippen LogP contribution in [0, 0.1) is 6.92 Å². The molecule has 0 heterocycles. The third kappa shape index (κ3) is 7.47. The Hall–Kier alpha value is -2.58. The third-order valence-electron chi connectivity index (χ3n) is 5.55. The number of rotatable bonds is 10. The van der Waals surface area contributed by atoms with E-state index < -0.39 is 28.5 Å². The Labute approximate surface area is 201 Å². The topological polar surface area (TPSA) is 86.8 Å². The van der Waals surface area contributed by atoms with E-state index in [2.05, 4.69) is 5.32 Å². The van der Waals surface area contributed by atoms with E-state index in [1.54, 1.807) is 25.1 Å². The molecular weight excluding hydrogens is 462 g/mol. The highest BCUT2D eigenvalue weighted by molar-refractivity contribution is 7.92. The van der Waals surface area contributed by atoms with Crippen LogP contribution < -0.4 is 9.62 Å². The van der Waals surface area contributed by atoms with Crippen molar-refractivity contribution in [3.05, 3.63) is 64.7 Å². The fourth-order valence-electron chi connectivity index (χ4n) is 3.26. The van der Waals surface area contributed by atoms with Crippen molar-refractivity contribution >= 4 is 39.1 Å². The van der Waals surface area contributed by atoms with E-state index >= 15 is 0 Å². The van der Waals surface area contributed by atoms with Crippen LogP contribution in [0.2, 0.25) is 5.02 Å². The number of carbonyl (C=O) groups is 2. The molecule has 0 aliphatic carbocycles. The molecule has 33 heavy (non-hydrogen) atoms. The van der Waals surface area contributed by atoms with Crippen molar-refractivity contribution in [1.82, 2.24) is 10.2 Å². The average molecular weight is 494 g/mol. The van der Waals surface area contributed by atoms with E-state index in [0.29, 0.717) is 5.02 Å². The molecule has 0 unspecified atom stereocenters. The monoisotopic (exact) mass is 493 g/mol. The summed E-state index contributed by atoms with van der Waals surface area (Å²) in [5, 5.41) is 3.26. The van der Waals surface area contributed by atoms with Crippen LogP contribution >= 0.6 is 11.6 Å². The van der Waals surface area contributed by atoms with Crippen molar-refractivity contribution in [1.29, 1.82) is 0 Å². The second-order valence-electron chi connectivity index (χ2n) is 8.19. The third-order valence-corrected chi connectivity index (χ3v) is 6.92. The molecule has 2 amide bonds. The summed E-state index contributed by atoms with van der Waals surface area (Å²) in [4.78, 5) is 27.8. The summed E-state index contributed by atoms with van der Waals surface area (Å²) < 4.78 is 26.1. The number of halogens is 1. The number of hydrogen-bond donors (Lipinski definition) is 1. The number of anilines is 1. The molecule has 0 radical (unpaired) electrons. The number of carbonyl (C=O) groups excluding carboxylic acids is 2. The highest BCUT2D eigenvalue weighted by Gasteiger charge is 2.30. The van der Waals surface area contributed by atoms with Crippen molar-refractivity contribution in [2.24, 2.45) is 0 Å². The lowest BCUT2D eigenvalue weighted by Crippen LogP contribution is -2.52. The van der Waals surface area contributed by atoms with Crippen LogP contribution in [0.3, 0.4) is 0 Å². The van der Waals surface area contributed by atoms with Crippen LogP contribution in [-0.2, 0) is 26.2 Å². The van der Waals surface area contributed by atoms with Crippen molar-refractivity contribution in [3.8, 4) is 0 Å². The Morgan fingerprint density at radius 2 is 1.76 bits per heavy atom. The lowest BCUT2D eigenvalue weighted by molar-refractivity contribution is -0.139. The van der Waals surface area contributed by atoms with Gasteiger partial charge in [0.1, 0.15) is 12.6 Å². The first kappa shape index (κ1) is 26.7. The van der Waals surface area contributed by atoms with Gasteiger partial charge in [0.2, 0.25) is 21.8 Å². The molecule has 9 heteroatoms. The van der Waals surface area contributed by atoms with Gasteiger partial charge in [0, 0.05) is 17.6 Å². The predicted octanol–water partition coefficient (Wildman–Crippen LogP) is 3.75. The van der Waals surface area contributed by atoms with Crippen molar-refractivity contribution in [2.75, 3.05) is 17.1 Å². The molecule has 0 aliphatic heterocycles. The zero-order chi connectivity index (χ0) is 24.8. The normalized spacial score (nSPS) is 13.2. The molecule has 0 bridgehead atoms. The van der Waals surface area contributed by atoms with Crippen molar-refractivity contribution < 1.29 is 18.0 Å². The smallest absolute Gasteiger partial charge is 0.244 e. The zero-order valence-corrected chi connectivity index (χ0v) is 21.3. The summed E-state index contributed by atoms with van der Waals surface area (Å²) in [5.41, 5.74) is 2.13. The van der Waals surface area contributed by atoms with Gasteiger partial charge in [0.05, 0.1) is 11.9 Å². The van der Waals surface area contributed by atoms with E-state index in [9.17, 15) is 18.0 Å². The molecule has 0 saturated heterocycles. The SMILES string of the molecule is CC[C@@H](C)NC(=O)[C@@H](C)N(Cc1ccccc1C)C(=O)CN(c1cccc(Cl)c1)S(C)(=O)=O. The molecule has 2 atom stereocenters. The van der Waals surface area contributed by atoms with Gasteiger partial charge in [0.25, 0.3) is 0 Å². The molecule has 0 saturated carbocycles. The van der Waals surface area contributed by atoms with Gasteiger partial charge in [-0.2, -0.15) is 0 Å². The predicted molar refractivity (Wildman–Crippen MR) is 133 cm³/mol. The van der Waals surface area contributed by atoms with Gasteiger partial charge in [-0.1, -0.05) is 48.9 Å². The molecule has 180 valence electrons. The minimum absolute atomic E-state index is 0.0469. The first-order valence-corrected chi connectivity index (χ1v) is 13.0. The van der Waals surface area contributed by atoms with Gasteiger partial charge in [-0.15, -0.1) is 0 Å². The molecule has 0 aliphatic rings. The summed E-state index contributed by atoms with van der Waals surface area (Å²) in [6, 6.07) is 13.0. The zero-order valence-electron chi connectivity index (χ0n) is 19.7. The number of nitrogens with zero attached hydrogens (tertiary/aromatic N) is 2. The summed E-state index contributed by atoms with van der Waals surface area (Å²) in [5.74, 6) is -0.782. The quantitative estimate of drug-likeness (QED) is 0.546. The highest BCUT2D eigenvalue weighted by atomic mass is 35.5. The number of benzene rings is 2.